The van der Waals surface area contributed by atoms with Crippen molar-refractivity contribution in [2.24, 2.45) is 0 Å². The second kappa shape index (κ2) is 8.45. The van der Waals surface area contributed by atoms with Crippen LogP contribution in [0.15, 0.2) is 30.5 Å². The number of carbonyl (C=O) groups is 2. The van der Waals surface area contributed by atoms with Gasteiger partial charge in [0.1, 0.15) is 0 Å². The lowest BCUT2D eigenvalue weighted by atomic mass is 10.1. The maximum absolute atomic E-state index is 12.1. The Balaban J connectivity index is 1.56. The first-order valence-corrected chi connectivity index (χ1v) is 10.1. The Kier molecular flexibility index (Phi) is 5.74. The number of rotatable bonds is 3. The summed E-state index contributed by atoms with van der Waals surface area (Å²) in [5.74, 6) is -0.553. The lowest BCUT2D eigenvalue weighted by Crippen LogP contribution is -2.51. The SMILES string of the molecule is CCOC(=O)C(=O)N1CCN(c2nc3nccc(-c4cc(Cl)ccc4Cl)n3n2)CC1. The van der Waals surface area contributed by atoms with E-state index in [2.05, 4.69) is 15.1 Å². The van der Waals surface area contributed by atoms with Gasteiger partial charge >= 0.3 is 11.9 Å². The molecule has 0 aliphatic carbocycles. The third-order valence-electron chi connectivity index (χ3n) is 4.73. The fourth-order valence-corrected chi connectivity index (χ4v) is 3.63. The molecule has 1 amide bonds. The Bertz CT molecular complexity index is 1110. The van der Waals surface area contributed by atoms with Gasteiger partial charge in [-0.1, -0.05) is 23.2 Å². The van der Waals surface area contributed by atoms with Crippen LogP contribution < -0.4 is 4.90 Å². The van der Waals surface area contributed by atoms with Crippen LogP contribution in [-0.4, -0.2) is 69.1 Å². The van der Waals surface area contributed by atoms with Gasteiger partial charge in [-0.05, 0) is 31.2 Å². The van der Waals surface area contributed by atoms with Gasteiger partial charge in [0.2, 0.25) is 5.95 Å². The number of nitrogens with zero attached hydrogens (tertiary/aromatic N) is 6. The number of amides is 1. The molecule has 2 aromatic heterocycles. The normalized spacial score (nSPS) is 14.2. The molecule has 11 heteroatoms. The monoisotopic (exact) mass is 448 g/mol. The second-order valence-corrected chi connectivity index (χ2v) is 7.42. The van der Waals surface area contributed by atoms with Crippen molar-refractivity contribution in [2.75, 3.05) is 37.7 Å². The highest BCUT2D eigenvalue weighted by molar-refractivity contribution is 6.35. The molecule has 0 atom stereocenters. The van der Waals surface area contributed by atoms with E-state index in [1.807, 2.05) is 4.90 Å². The van der Waals surface area contributed by atoms with Gasteiger partial charge in [-0.25, -0.2) is 9.78 Å². The Morgan fingerprint density at radius 2 is 1.90 bits per heavy atom. The van der Waals surface area contributed by atoms with Gasteiger partial charge in [0.15, 0.2) is 0 Å². The largest absolute Gasteiger partial charge is 0.459 e. The Labute approximate surface area is 182 Å². The molecule has 3 heterocycles. The van der Waals surface area contributed by atoms with E-state index in [9.17, 15) is 9.59 Å². The number of anilines is 1. The highest BCUT2D eigenvalue weighted by Crippen LogP contribution is 2.30. The number of esters is 1. The van der Waals surface area contributed by atoms with Gasteiger partial charge < -0.3 is 14.5 Å². The number of hydrogen-bond donors (Lipinski definition) is 0. The molecule has 0 unspecified atom stereocenters. The fraction of sp³-hybridized carbons (Fsp3) is 0.316. The molecular formula is C19H18Cl2N6O3. The maximum Gasteiger partial charge on any atom is 0.397 e. The van der Waals surface area contributed by atoms with E-state index in [1.54, 1.807) is 41.9 Å². The minimum Gasteiger partial charge on any atom is -0.459 e. The van der Waals surface area contributed by atoms with E-state index in [1.165, 1.54) is 4.90 Å². The first-order chi connectivity index (χ1) is 14.5. The second-order valence-electron chi connectivity index (χ2n) is 6.58. The Hall–Kier alpha value is -2.91. The number of carbonyl (C=O) groups excluding carboxylic acids is 2. The van der Waals surface area contributed by atoms with Gasteiger partial charge in [-0.15, -0.1) is 5.10 Å². The summed E-state index contributed by atoms with van der Waals surface area (Å²) in [4.78, 5) is 35.9. The number of piperazine rings is 1. The van der Waals surface area contributed by atoms with Crippen LogP contribution in [0.1, 0.15) is 6.92 Å². The first kappa shape index (κ1) is 20.4. The van der Waals surface area contributed by atoms with Crippen LogP contribution in [0.25, 0.3) is 17.0 Å². The number of hydrogen-bond acceptors (Lipinski definition) is 7. The molecule has 1 fully saturated rings. The Morgan fingerprint density at radius 3 is 2.63 bits per heavy atom. The minimum absolute atomic E-state index is 0.168. The summed E-state index contributed by atoms with van der Waals surface area (Å²) in [6.07, 6.45) is 1.64. The van der Waals surface area contributed by atoms with E-state index in [0.717, 1.165) is 5.56 Å². The molecule has 1 aliphatic rings. The molecule has 0 radical (unpaired) electrons. The number of ether oxygens (including phenoxy) is 1. The van der Waals surface area contributed by atoms with Crippen LogP contribution in [0, 0.1) is 0 Å². The molecule has 0 saturated carbocycles. The van der Waals surface area contributed by atoms with Crippen molar-refractivity contribution in [1.29, 1.82) is 0 Å². The zero-order valence-electron chi connectivity index (χ0n) is 16.1. The first-order valence-electron chi connectivity index (χ1n) is 9.36. The van der Waals surface area contributed by atoms with Crippen LogP contribution in [0.2, 0.25) is 10.0 Å². The van der Waals surface area contributed by atoms with Crippen LogP contribution in [0.5, 0.6) is 0 Å². The third-order valence-corrected chi connectivity index (χ3v) is 5.30. The molecule has 0 bridgehead atoms. The van der Waals surface area contributed by atoms with Crippen LogP contribution in [-0.2, 0) is 14.3 Å². The highest BCUT2D eigenvalue weighted by Gasteiger charge is 2.28. The predicted octanol–water partition coefficient (Wildman–Crippen LogP) is 2.31. The van der Waals surface area contributed by atoms with E-state index in [0.29, 0.717) is 53.6 Å². The summed E-state index contributed by atoms with van der Waals surface area (Å²) in [6.45, 7) is 3.53. The smallest absolute Gasteiger partial charge is 0.397 e. The van der Waals surface area contributed by atoms with E-state index in [-0.39, 0.29) is 6.61 Å². The fourth-order valence-electron chi connectivity index (χ4n) is 3.25. The van der Waals surface area contributed by atoms with E-state index in [4.69, 9.17) is 27.9 Å². The summed E-state index contributed by atoms with van der Waals surface area (Å²) >= 11 is 12.5. The number of aromatic nitrogens is 4. The summed E-state index contributed by atoms with van der Waals surface area (Å²) in [5, 5.41) is 5.68. The van der Waals surface area contributed by atoms with Crippen LogP contribution in [0.3, 0.4) is 0 Å². The minimum atomic E-state index is -0.830. The molecular weight excluding hydrogens is 431 g/mol. The van der Waals surface area contributed by atoms with Gasteiger partial charge in [0.25, 0.3) is 5.78 Å². The topological polar surface area (TPSA) is 92.9 Å². The molecule has 9 nitrogen and oxygen atoms in total. The van der Waals surface area contributed by atoms with E-state index >= 15 is 0 Å². The molecule has 30 heavy (non-hydrogen) atoms. The number of halogens is 2. The van der Waals surface area contributed by atoms with Gasteiger partial charge in [0, 0.05) is 43.0 Å². The van der Waals surface area contributed by atoms with Gasteiger partial charge in [-0.3, -0.25) is 4.79 Å². The number of benzene rings is 1. The van der Waals surface area contributed by atoms with E-state index < -0.39 is 11.9 Å². The third kappa shape index (κ3) is 3.90. The quantitative estimate of drug-likeness (QED) is 0.448. The Morgan fingerprint density at radius 1 is 1.13 bits per heavy atom. The maximum atomic E-state index is 12.1. The molecule has 156 valence electrons. The lowest BCUT2D eigenvalue weighted by Gasteiger charge is -2.33. The summed E-state index contributed by atoms with van der Waals surface area (Å²) < 4.78 is 6.40. The molecule has 1 aliphatic heterocycles. The standard InChI is InChI=1S/C19H18Cl2N6O3/c1-2-30-17(29)16(28)25-7-9-26(10-8-25)19-23-18-22-6-5-15(27(18)24-19)13-11-12(20)3-4-14(13)21/h3-6,11H,2,7-10H2,1H3. The van der Waals surface area contributed by atoms with Crippen molar-refractivity contribution < 1.29 is 14.3 Å². The molecule has 4 rings (SSSR count). The molecule has 1 aromatic carbocycles. The zero-order chi connectivity index (χ0) is 21.3. The van der Waals surface area contributed by atoms with Crippen molar-refractivity contribution in [3.05, 3.63) is 40.5 Å². The zero-order valence-corrected chi connectivity index (χ0v) is 17.6. The summed E-state index contributed by atoms with van der Waals surface area (Å²) in [6, 6.07) is 7.00. The van der Waals surface area contributed by atoms with Crippen molar-refractivity contribution in [3.63, 3.8) is 0 Å². The van der Waals surface area contributed by atoms with Crippen LogP contribution in [0.4, 0.5) is 5.95 Å². The average molecular weight is 449 g/mol. The predicted molar refractivity (Wildman–Crippen MR) is 112 cm³/mol. The summed E-state index contributed by atoms with van der Waals surface area (Å²) in [5.41, 5.74) is 1.43. The average Bonchev–Trinajstić information content (AvgIpc) is 3.20. The van der Waals surface area contributed by atoms with Crippen molar-refractivity contribution in [1.82, 2.24) is 24.5 Å². The lowest BCUT2D eigenvalue weighted by molar-refractivity contribution is -0.160. The molecule has 0 N–H and O–H groups in total. The summed E-state index contributed by atoms with van der Waals surface area (Å²) in [7, 11) is 0. The highest BCUT2D eigenvalue weighted by atomic mass is 35.5. The van der Waals surface area contributed by atoms with Crippen molar-refractivity contribution in [3.8, 4) is 11.3 Å². The number of fused-ring (bicyclic) bond motifs is 1. The molecule has 1 saturated heterocycles. The molecule has 0 spiro atoms. The van der Waals surface area contributed by atoms with Gasteiger partial charge in [-0.2, -0.15) is 9.50 Å². The van der Waals surface area contributed by atoms with Crippen molar-refractivity contribution >= 4 is 46.8 Å². The van der Waals surface area contributed by atoms with Crippen LogP contribution >= 0.6 is 23.2 Å². The van der Waals surface area contributed by atoms with Crippen molar-refractivity contribution in [2.45, 2.75) is 6.92 Å². The molecule has 3 aromatic rings. The van der Waals surface area contributed by atoms with Gasteiger partial charge in [0.05, 0.1) is 17.3 Å².